The number of rotatable bonds is 18. The summed E-state index contributed by atoms with van der Waals surface area (Å²) in [6.45, 7) is 11.5. The minimum absolute atomic E-state index is 0.0144. The number of hydroxylamine groups is 2. The van der Waals surface area contributed by atoms with Gasteiger partial charge in [-0.3, -0.25) is 14.6 Å². The first-order chi connectivity index (χ1) is 32.7. The number of piperazine rings is 2. The van der Waals surface area contributed by atoms with Crippen molar-refractivity contribution in [2.24, 2.45) is 5.41 Å². The van der Waals surface area contributed by atoms with Crippen molar-refractivity contribution in [3.05, 3.63) is 124 Å². The minimum Gasteiger partial charge on any atom is -0.586 e. The number of anilines is 2. The minimum atomic E-state index is -5.81. The van der Waals surface area contributed by atoms with E-state index in [9.17, 15) is 46.6 Å². The number of halogens is 4. The van der Waals surface area contributed by atoms with Gasteiger partial charge in [-0.05, 0) is 103 Å². The van der Waals surface area contributed by atoms with Gasteiger partial charge < -0.3 is 30.1 Å². The number of allylic oxidation sites excluding steroid dienone is 1. The molecule has 2 saturated heterocycles. The largest absolute Gasteiger partial charge is 0.597 e. The number of thioether (sulfide) groups is 1. The lowest BCUT2D eigenvalue weighted by Crippen LogP contribution is -2.52. The third kappa shape index (κ3) is 14.2. The zero-order valence-electron chi connectivity index (χ0n) is 38.6. The van der Waals surface area contributed by atoms with Crippen LogP contribution in [0, 0.1) is 10.6 Å². The highest BCUT2D eigenvalue weighted by Crippen LogP contribution is 2.44. The molecule has 2 fully saturated rings. The Hall–Kier alpha value is -3.82. The van der Waals surface area contributed by atoms with E-state index in [0.717, 1.165) is 74.7 Å². The van der Waals surface area contributed by atoms with Crippen LogP contribution in [0.1, 0.15) is 55.5 Å². The Morgan fingerprint density at radius 1 is 0.899 bits per heavy atom. The second-order valence-electron chi connectivity index (χ2n) is 18.6. The van der Waals surface area contributed by atoms with Crippen molar-refractivity contribution in [3.8, 4) is 0 Å². The lowest BCUT2D eigenvalue weighted by molar-refractivity contribution is -0.317. The fourth-order valence-corrected chi connectivity index (χ4v) is 11.8. The Morgan fingerprint density at radius 2 is 1.54 bits per heavy atom. The van der Waals surface area contributed by atoms with Crippen molar-refractivity contribution in [2.45, 2.75) is 61.7 Å². The van der Waals surface area contributed by atoms with Gasteiger partial charge in [-0.1, -0.05) is 66.2 Å². The molecular weight excluding hydrogens is 974 g/mol. The summed E-state index contributed by atoms with van der Waals surface area (Å²) >= 11 is 7.62. The van der Waals surface area contributed by atoms with E-state index in [-0.39, 0.29) is 17.3 Å². The molecule has 14 nitrogen and oxygen atoms in total. The fourth-order valence-electron chi connectivity index (χ4n) is 9.05. The first-order valence-corrected chi connectivity index (χ1v) is 27.1. The molecule has 21 heteroatoms. The molecule has 0 spiro atoms. The van der Waals surface area contributed by atoms with Gasteiger partial charge in [-0.15, -0.1) is 24.9 Å². The molecule has 2 heterocycles. The monoisotopic (exact) mass is 1030 g/mol. The third-order valence-corrected chi connectivity index (χ3v) is 16.4. The normalized spacial score (nSPS) is 19.1. The van der Waals surface area contributed by atoms with Crippen molar-refractivity contribution in [3.63, 3.8) is 0 Å². The summed E-state index contributed by atoms with van der Waals surface area (Å²) in [5.41, 5.74) is 3.32. The Labute approximate surface area is 412 Å². The van der Waals surface area contributed by atoms with E-state index in [1.807, 2.05) is 52.1 Å². The molecule has 4 aromatic rings. The maximum atomic E-state index is 14.3. The van der Waals surface area contributed by atoms with Crippen LogP contribution in [-0.4, -0.2) is 134 Å². The van der Waals surface area contributed by atoms with Crippen LogP contribution >= 0.6 is 31.7 Å². The van der Waals surface area contributed by atoms with Crippen molar-refractivity contribution in [2.75, 3.05) is 87.7 Å². The molecular formula is C48H60ClF3N7O7PS2. The Morgan fingerprint density at radius 3 is 2.17 bits per heavy atom. The van der Waals surface area contributed by atoms with Crippen LogP contribution in [0.15, 0.2) is 112 Å². The summed E-state index contributed by atoms with van der Waals surface area (Å²) in [7, 11) is -6.94. The van der Waals surface area contributed by atoms with Crippen LogP contribution < -0.4 is 19.7 Å². The number of hydrogen-bond donors (Lipinski definition) is 5. The van der Waals surface area contributed by atoms with Crippen LogP contribution in [0.2, 0.25) is 5.02 Å². The third-order valence-electron chi connectivity index (χ3n) is 13.0. The topological polar surface area (TPSA) is 172 Å². The van der Waals surface area contributed by atoms with Crippen molar-refractivity contribution >= 4 is 70.3 Å². The van der Waals surface area contributed by atoms with E-state index in [2.05, 4.69) is 46.0 Å². The summed E-state index contributed by atoms with van der Waals surface area (Å²) in [6.07, 6.45) is -2.11. The van der Waals surface area contributed by atoms with Gasteiger partial charge in [0.2, 0.25) is 0 Å². The first kappa shape index (κ1) is 53.0. The molecule has 7 rings (SSSR count). The zero-order valence-corrected chi connectivity index (χ0v) is 41.9. The number of benzene rings is 4. The molecule has 0 saturated carbocycles. The molecule has 1 amide bonds. The van der Waals surface area contributed by atoms with Crippen LogP contribution in [-0.2, 0) is 10.0 Å². The smallest absolute Gasteiger partial charge is 0.586 e. The molecule has 3 aliphatic rings. The standard InChI is InChI=1S/C48H60ClF3N7O7PS2/c1-47(2)20-18-43(35-8-12-38(49)13-9-35)37(31-47)32-56-26-28-58(29-27-56)40-14-10-36(11-15-40)46(60)54-69(65,66)42-16-17-44(45(30-42)59(61,62)48(50,51)52)53-39(33-68-41-6-4-3-5-7-41)19-21-55-22-24-57(25-23-55)34-67(63)64/h3-17,30,39,53,61,63-64H,18-29,31-34H2,1-2H3,(H,54,60)/t39-/m1/s1. The zero-order chi connectivity index (χ0) is 49.6. The number of alkyl halides is 3. The number of sulfonamides is 1. The number of hydrogen-bond acceptors (Lipinski definition) is 13. The van der Waals surface area contributed by atoms with E-state index < -0.39 is 57.7 Å². The Bertz CT molecular complexity index is 2510. The maximum absolute atomic E-state index is 14.3. The predicted octanol–water partition coefficient (Wildman–Crippen LogP) is 8.79. The van der Waals surface area contributed by atoms with E-state index in [0.29, 0.717) is 56.0 Å². The molecule has 5 N–H and O–H groups in total. The number of carbonyl (C=O) groups excluding carboxylic acids is 1. The first-order valence-electron chi connectivity index (χ1n) is 22.9. The molecule has 69 heavy (non-hydrogen) atoms. The quantitative estimate of drug-likeness (QED) is 0.0211. The van der Waals surface area contributed by atoms with E-state index in [1.54, 1.807) is 12.1 Å². The van der Waals surface area contributed by atoms with E-state index in [4.69, 9.17) is 11.6 Å². The van der Waals surface area contributed by atoms with E-state index in [1.165, 1.54) is 40.6 Å². The van der Waals surface area contributed by atoms with Gasteiger partial charge in [-0.25, -0.2) is 18.3 Å². The summed E-state index contributed by atoms with van der Waals surface area (Å²) in [6, 6.07) is 25.6. The van der Waals surface area contributed by atoms with Crippen LogP contribution in [0.3, 0.4) is 0 Å². The number of carbonyl (C=O) groups is 1. The molecule has 1 unspecified atom stereocenters. The summed E-state index contributed by atoms with van der Waals surface area (Å²) < 4.78 is 72.0. The molecule has 2 atom stereocenters. The van der Waals surface area contributed by atoms with Gasteiger partial charge in [0.15, 0.2) is 14.1 Å². The summed E-state index contributed by atoms with van der Waals surface area (Å²) in [5.74, 6) is -0.710. The lowest BCUT2D eigenvalue weighted by Gasteiger charge is -2.39. The highest BCUT2D eigenvalue weighted by Gasteiger charge is 2.53. The van der Waals surface area contributed by atoms with Gasteiger partial charge in [0.05, 0.1) is 11.2 Å². The van der Waals surface area contributed by atoms with Crippen LogP contribution in [0.5, 0.6) is 0 Å². The van der Waals surface area contributed by atoms with Crippen LogP contribution in [0.25, 0.3) is 5.57 Å². The van der Waals surface area contributed by atoms with Gasteiger partial charge in [0, 0.05) is 104 Å². The Balaban J connectivity index is 1.01. The van der Waals surface area contributed by atoms with Crippen molar-refractivity contribution in [1.82, 2.24) is 24.2 Å². The molecule has 1 aliphatic carbocycles. The number of amides is 1. The maximum Gasteiger partial charge on any atom is 0.597 e. The average Bonchev–Trinajstić information content (AvgIpc) is 3.30. The van der Waals surface area contributed by atoms with Gasteiger partial charge in [-0.2, -0.15) is 0 Å². The molecule has 4 aromatic carbocycles. The molecule has 0 aromatic heterocycles. The highest BCUT2D eigenvalue weighted by molar-refractivity contribution is 7.99. The molecule has 2 aliphatic heterocycles. The predicted molar refractivity (Wildman–Crippen MR) is 269 cm³/mol. The van der Waals surface area contributed by atoms with Crippen LogP contribution in [0.4, 0.5) is 30.2 Å². The lowest BCUT2D eigenvalue weighted by atomic mass is 9.73. The SMILES string of the molecule is CC1(C)CCC(c2ccc(Cl)cc2)=C(CN2CCN(c3ccc(C(=O)NS(=O)(=O)c4ccc(N[C@H](CCN5CCN(CP(O)O)CC5)CSc5ccccc5)c([N+]([O-])(O)C(F)(F)F)c4)cc3)CC2)C1. The van der Waals surface area contributed by atoms with Gasteiger partial charge in [0.1, 0.15) is 5.69 Å². The second kappa shape index (κ2) is 22.7. The van der Waals surface area contributed by atoms with Crippen molar-refractivity contribution in [1.29, 1.82) is 0 Å². The Kier molecular flexibility index (Phi) is 17.5. The van der Waals surface area contributed by atoms with Gasteiger partial charge in [0.25, 0.3) is 15.9 Å². The average molecular weight is 1030 g/mol. The molecule has 374 valence electrons. The van der Waals surface area contributed by atoms with Gasteiger partial charge >= 0.3 is 6.30 Å². The van der Waals surface area contributed by atoms with Crippen molar-refractivity contribution < 1.29 is 41.4 Å². The second-order valence-corrected chi connectivity index (χ2v) is 22.9. The number of quaternary nitrogens is 1. The van der Waals surface area contributed by atoms with E-state index >= 15 is 0 Å². The highest BCUT2D eigenvalue weighted by atomic mass is 35.5. The number of nitrogens with zero attached hydrogens (tertiary/aromatic N) is 5. The number of nitrogens with one attached hydrogen (secondary N) is 2. The summed E-state index contributed by atoms with van der Waals surface area (Å²) in [5, 5.41) is 27.3. The summed E-state index contributed by atoms with van der Waals surface area (Å²) in [4.78, 5) is 37.1. The molecule has 0 bridgehead atoms. The fraction of sp³-hybridized carbons (Fsp3) is 0.438. The molecule has 0 radical (unpaired) electrons.